The van der Waals surface area contributed by atoms with Crippen LogP contribution in [0.15, 0.2) is 30.3 Å². The molecule has 1 aromatic rings. The van der Waals surface area contributed by atoms with Gasteiger partial charge in [-0.2, -0.15) is 5.26 Å². The second kappa shape index (κ2) is 7.28. The second-order valence-electron chi connectivity index (χ2n) is 5.01. The van der Waals surface area contributed by atoms with Gasteiger partial charge in [0.15, 0.2) is 0 Å². The molecule has 1 aliphatic rings. The lowest BCUT2D eigenvalue weighted by Gasteiger charge is -2.31. The molecule has 0 N–H and O–H groups in total. The minimum Gasteiger partial charge on any atom is -0.377 e. The van der Waals surface area contributed by atoms with Crippen molar-refractivity contribution in [3.05, 3.63) is 35.9 Å². The molecule has 3 heteroatoms. The third-order valence-corrected chi connectivity index (χ3v) is 3.78. The van der Waals surface area contributed by atoms with Crippen molar-refractivity contribution in [3.63, 3.8) is 0 Å². The highest BCUT2D eigenvalue weighted by Gasteiger charge is 2.24. The van der Waals surface area contributed by atoms with Gasteiger partial charge in [-0.3, -0.25) is 4.90 Å². The predicted molar refractivity (Wildman–Crippen MR) is 75.6 cm³/mol. The monoisotopic (exact) mass is 258 g/mol. The van der Waals surface area contributed by atoms with Crippen molar-refractivity contribution < 1.29 is 4.74 Å². The quantitative estimate of drug-likeness (QED) is 0.786. The molecule has 1 aromatic carbocycles. The standard InChI is InChI=1S/C16H22N2O/c1-2-18(13-15-9-6-12-19-15)16(10-11-17)14-7-4-3-5-8-14/h3-5,7-8,15-16H,2,6,9-10,12-13H2,1H3. The number of rotatable bonds is 6. The molecule has 0 saturated carbocycles. The van der Waals surface area contributed by atoms with E-state index in [1.54, 1.807) is 0 Å². The van der Waals surface area contributed by atoms with Crippen LogP contribution in [0.25, 0.3) is 0 Å². The Bertz CT molecular complexity index is 407. The molecule has 1 saturated heterocycles. The van der Waals surface area contributed by atoms with E-state index in [2.05, 4.69) is 30.0 Å². The predicted octanol–water partition coefficient (Wildman–Crippen LogP) is 3.14. The first-order chi connectivity index (χ1) is 9.35. The fraction of sp³-hybridized carbons (Fsp3) is 0.562. The normalized spacial score (nSPS) is 20.4. The molecular formula is C16H22N2O. The van der Waals surface area contributed by atoms with Crippen molar-refractivity contribution in [1.82, 2.24) is 4.90 Å². The SMILES string of the molecule is CCN(CC1CCCO1)C(CC#N)c1ccccc1. The Morgan fingerprint density at radius 3 is 2.79 bits per heavy atom. The Morgan fingerprint density at radius 1 is 1.42 bits per heavy atom. The van der Waals surface area contributed by atoms with Crippen LogP contribution in [0.5, 0.6) is 0 Å². The topological polar surface area (TPSA) is 36.3 Å². The fourth-order valence-corrected chi connectivity index (χ4v) is 2.75. The summed E-state index contributed by atoms with van der Waals surface area (Å²) in [4.78, 5) is 2.37. The lowest BCUT2D eigenvalue weighted by molar-refractivity contribution is 0.0594. The van der Waals surface area contributed by atoms with E-state index in [1.807, 2.05) is 18.2 Å². The minimum absolute atomic E-state index is 0.181. The molecule has 2 atom stereocenters. The van der Waals surface area contributed by atoms with E-state index < -0.39 is 0 Å². The van der Waals surface area contributed by atoms with Gasteiger partial charge in [-0.25, -0.2) is 0 Å². The average molecular weight is 258 g/mol. The van der Waals surface area contributed by atoms with Gasteiger partial charge >= 0.3 is 0 Å². The van der Waals surface area contributed by atoms with Crippen LogP contribution < -0.4 is 0 Å². The van der Waals surface area contributed by atoms with Gasteiger partial charge in [-0.1, -0.05) is 37.3 Å². The molecule has 19 heavy (non-hydrogen) atoms. The Labute approximate surface area is 115 Å². The fourth-order valence-electron chi connectivity index (χ4n) is 2.75. The number of benzene rings is 1. The van der Waals surface area contributed by atoms with Gasteiger partial charge < -0.3 is 4.74 Å². The van der Waals surface area contributed by atoms with Crippen molar-refractivity contribution in [2.75, 3.05) is 19.7 Å². The molecule has 0 spiro atoms. The Kier molecular flexibility index (Phi) is 5.38. The molecule has 2 rings (SSSR count). The van der Waals surface area contributed by atoms with Gasteiger partial charge in [0.1, 0.15) is 0 Å². The summed E-state index contributed by atoms with van der Waals surface area (Å²) in [5, 5.41) is 9.10. The van der Waals surface area contributed by atoms with Crippen molar-refractivity contribution in [1.29, 1.82) is 5.26 Å². The molecule has 3 nitrogen and oxygen atoms in total. The molecule has 0 amide bonds. The van der Waals surface area contributed by atoms with Crippen molar-refractivity contribution in [2.45, 2.75) is 38.3 Å². The molecule has 1 aliphatic heterocycles. The number of hydrogen-bond acceptors (Lipinski definition) is 3. The molecule has 0 radical (unpaired) electrons. The molecule has 2 unspecified atom stereocenters. The van der Waals surface area contributed by atoms with Crippen LogP contribution in [-0.4, -0.2) is 30.7 Å². The van der Waals surface area contributed by atoms with E-state index in [0.717, 1.165) is 32.5 Å². The van der Waals surface area contributed by atoms with Crippen molar-refractivity contribution in [2.24, 2.45) is 0 Å². The summed E-state index contributed by atoms with van der Waals surface area (Å²) in [5.74, 6) is 0. The maximum Gasteiger partial charge on any atom is 0.0703 e. The van der Waals surface area contributed by atoms with Crippen LogP contribution in [-0.2, 0) is 4.74 Å². The van der Waals surface area contributed by atoms with E-state index in [1.165, 1.54) is 5.56 Å². The number of nitriles is 1. The maximum absolute atomic E-state index is 9.10. The summed E-state index contributed by atoms with van der Waals surface area (Å²) in [6, 6.07) is 12.8. The highest BCUT2D eigenvalue weighted by atomic mass is 16.5. The van der Waals surface area contributed by atoms with Crippen LogP contribution in [0.1, 0.15) is 37.8 Å². The van der Waals surface area contributed by atoms with Crippen molar-refractivity contribution >= 4 is 0 Å². The minimum atomic E-state index is 0.181. The van der Waals surface area contributed by atoms with E-state index in [-0.39, 0.29) is 6.04 Å². The van der Waals surface area contributed by atoms with Crippen LogP contribution >= 0.6 is 0 Å². The first kappa shape index (κ1) is 14.0. The van der Waals surface area contributed by atoms with Gasteiger partial charge in [-0.15, -0.1) is 0 Å². The summed E-state index contributed by atoms with van der Waals surface area (Å²) in [6.45, 7) is 4.91. The molecule has 0 aromatic heterocycles. The average Bonchev–Trinajstić information content (AvgIpc) is 2.96. The van der Waals surface area contributed by atoms with Crippen LogP contribution in [0, 0.1) is 11.3 Å². The van der Waals surface area contributed by atoms with Crippen LogP contribution in [0.4, 0.5) is 0 Å². The summed E-state index contributed by atoms with van der Waals surface area (Å²) in [5.41, 5.74) is 1.23. The molecule has 1 heterocycles. The molecule has 0 aliphatic carbocycles. The summed E-state index contributed by atoms with van der Waals surface area (Å²) in [6.07, 6.45) is 3.18. The Hall–Kier alpha value is -1.37. The zero-order chi connectivity index (χ0) is 13.5. The van der Waals surface area contributed by atoms with Crippen LogP contribution in [0.3, 0.4) is 0 Å². The largest absolute Gasteiger partial charge is 0.377 e. The molecule has 102 valence electrons. The van der Waals surface area contributed by atoms with Gasteiger partial charge in [-0.05, 0) is 24.9 Å². The number of hydrogen-bond donors (Lipinski definition) is 0. The lowest BCUT2D eigenvalue weighted by atomic mass is 10.0. The van der Waals surface area contributed by atoms with E-state index >= 15 is 0 Å². The zero-order valence-electron chi connectivity index (χ0n) is 11.6. The lowest BCUT2D eigenvalue weighted by Crippen LogP contribution is -2.35. The second-order valence-corrected chi connectivity index (χ2v) is 5.01. The maximum atomic E-state index is 9.10. The highest BCUT2D eigenvalue weighted by molar-refractivity contribution is 5.20. The molecular weight excluding hydrogens is 236 g/mol. The van der Waals surface area contributed by atoms with Gasteiger partial charge in [0.25, 0.3) is 0 Å². The number of nitrogens with zero attached hydrogens (tertiary/aromatic N) is 2. The number of ether oxygens (including phenoxy) is 1. The zero-order valence-corrected chi connectivity index (χ0v) is 11.6. The van der Waals surface area contributed by atoms with Crippen LogP contribution in [0.2, 0.25) is 0 Å². The summed E-state index contributed by atoms with van der Waals surface area (Å²) < 4.78 is 5.72. The first-order valence-corrected chi connectivity index (χ1v) is 7.12. The van der Waals surface area contributed by atoms with Gasteiger partial charge in [0, 0.05) is 19.2 Å². The van der Waals surface area contributed by atoms with Gasteiger partial charge in [0.2, 0.25) is 0 Å². The number of likely N-dealkylation sites (N-methyl/N-ethyl adjacent to an activating group) is 1. The first-order valence-electron chi connectivity index (χ1n) is 7.12. The smallest absolute Gasteiger partial charge is 0.0703 e. The van der Waals surface area contributed by atoms with Crippen molar-refractivity contribution in [3.8, 4) is 6.07 Å². The third kappa shape index (κ3) is 3.79. The summed E-state index contributed by atoms with van der Waals surface area (Å²) in [7, 11) is 0. The Balaban J connectivity index is 2.09. The third-order valence-electron chi connectivity index (χ3n) is 3.78. The van der Waals surface area contributed by atoms with E-state index in [0.29, 0.717) is 12.5 Å². The molecule has 1 fully saturated rings. The van der Waals surface area contributed by atoms with E-state index in [9.17, 15) is 0 Å². The Morgan fingerprint density at radius 2 is 2.21 bits per heavy atom. The highest BCUT2D eigenvalue weighted by Crippen LogP contribution is 2.25. The summed E-state index contributed by atoms with van der Waals surface area (Å²) >= 11 is 0. The van der Waals surface area contributed by atoms with E-state index in [4.69, 9.17) is 10.00 Å². The van der Waals surface area contributed by atoms with Gasteiger partial charge in [0.05, 0.1) is 18.6 Å². The molecule has 0 bridgehead atoms.